The Balaban J connectivity index is 1.95. The molecule has 2 heterocycles. The van der Waals surface area contributed by atoms with Crippen molar-refractivity contribution in [1.82, 2.24) is 19.8 Å². The number of halogens is 5. The summed E-state index contributed by atoms with van der Waals surface area (Å²) >= 11 is 0. The topological polar surface area (TPSA) is 142 Å². The lowest BCUT2D eigenvalue weighted by atomic mass is 9.91. The molecule has 252 valence electrons. The Morgan fingerprint density at radius 1 is 0.978 bits per heavy atom. The van der Waals surface area contributed by atoms with Gasteiger partial charge in [0.05, 0.1) is 24.2 Å². The summed E-state index contributed by atoms with van der Waals surface area (Å²) in [5.74, 6) is -14.2. The molecule has 3 atom stereocenters. The highest BCUT2D eigenvalue weighted by atomic mass is 32.2. The van der Waals surface area contributed by atoms with Crippen molar-refractivity contribution in [3.05, 3.63) is 29.8 Å². The SMILES string of the molecule is CC(C)C(C(=O)C(F)(F)C(F)(F)F)N(C(=O)[C@@H]1CCCN1)C(=O)[C@@H](NC(=O)c1ccc(S(=O)(=O)N2CCOCC2)cc1)C(C)C. The Morgan fingerprint density at radius 3 is 2.02 bits per heavy atom. The number of nitrogens with one attached hydrogen (secondary N) is 2. The molecule has 1 aromatic rings. The summed E-state index contributed by atoms with van der Waals surface area (Å²) in [5, 5.41) is 5.14. The van der Waals surface area contributed by atoms with Crippen molar-refractivity contribution < 1.29 is 54.3 Å². The first-order chi connectivity index (χ1) is 20.8. The van der Waals surface area contributed by atoms with Gasteiger partial charge in [0.15, 0.2) is 0 Å². The van der Waals surface area contributed by atoms with Crippen molar-refractivity contribution in [3.8, 4) is 0 Å². The highest BCUT2D eigenvalue weighted by Crippen LogP contribution is 2.39. The number of benzene rings is 1. The van der Waals surface area contributed by atoms with Gasteiger partial charge in [0.25, 0.3) is 11.8 Å². The largest absolute Gasteiger partial charge is 0.461 e. The molecular weight excluding hydrogens is 631 g/mol. The normalized spacial score (nSPS) is 19.8. The number of ether oxygens (including phenoxy) is 1. The van der Waals surface area contributed by atoms with Gasteiger partial charge in [-0.15, -0.1) is 0 Å². The van der Waals surface area contributed by atoms with E-state index in [4.69, 9.17) is 4.74 Å². The number of nitrogens with zero attached hydrogens (tertiary/aromatic N) is 2. The lowest BCUT2D eigenvalue weighted by Gasteiger charge is -2.38. The van der Waals surface area contributed by atoms with Crippen LogP contribution < -0.4 is 10.6 Å². The number of sulfonamides is 1. The van der Waals surface area contributed by atoms with E-state index in [1.54, 1.807) is 0 Å². The van der Waals surface area contributed by atoms with E-state index in [-0.39, 0.29) is 48.1 Å². The third-order valence-electron chi connectivity index (χ3n) is 7.62. The number of imide groups is 1. The number of morpholine rings is 1. The van der Waals surface area contributed by atoms with E-state index >= 15 is 0 Å². The molecule has 2 aliphatic heterocycles. The monoisotopic (exact) mass is 668 g/mol. The van der Waals surface area contributed by atoms with Crippen LogP contribution in [0.4, 0.5) is 22.0 Å². The first-order valence-corrected chi connectivity index (χ1v) is 15.8. The molecule has 0 bridgehead atoms. The van der Waals surface area contributed by atoms with Crippen LogP contribution in [-0.4, -0.2) is 104 Å². The number of alkyl halides is 5. The Hall–Kier alpha value is -3.02. The molecule has 45 heavy (non-hydrogen) atoms. The maximum atomic E-state index is 14.4. The van der Waals surface area contributed by atoms with E-state index in [0.717, 1.165) is 13.8 Å². The number of hydrogen-bond donors (Lipinski definition) is 2. The average Bonchev–Trinajstić information content (AvgIpc) is 3.52. The van der Waals surface area contributed by atoms with E-state index in [0.29, 0.717) is 13.0 Å². The number of ketones is 1. The van der Waals surface area contributed by atoms with Crippen molar-refractivity contribution in [1.29, 1.82) is 0 Å². The van der Waals surface area contributed by atoms with Crippen molar-refractivity contribution in [2.45, 2.75) is 75.7 Å². The number of Topliss-reactive ketones (excluding diaryl/α,β-unsaturated/α-hetero) is 1. The van der Waals surface area contributed by atoms with Crippen LogP contribution in [0, 0.1) is 11.8 Å². The Bertz CT molecular complexity index is 1360. The molecule has 0 aliphatic carbocycles. The van der Waals surface area contributed by atoms with Crippen LogP contribution in [0.2, 0.25) is 0 Å². The molecule has 2 aliphatic rings. The highest BCUT2D eigenvalue weighted by Gasteiger charge is 2.66. The van der Waals surface area contributed by atoms with Crippen molar-refractivity contribution >= 4 is 33.5 Å². The van der Waals surface area contributed by atoms with Gasteiger partial charge in [-0.3, -0.25) is 24.1 Å². The summed E-state index contributed by atoms with van der Waals surface area (Å²) in [4.78, 5) is 53.5. The summed E-state index contributed by atoms with van der Waals surface area (Å²) in [7, 11) is -3.89. The first-order valence-electron chi connectivity index (χ1n) is 14.4. The fourth-order valence-electron chi connectivity index (χ4n) is 5.09. The average molecular weight is 669 g/mol. The van der Waals surface area contributed by atoms with E-state index in [2.05, 4.69) is 10.6 Å². The van der Waals surface area contributed by atoms with Crippen molar-refractivity contribution in [2.24, 2.45) is 11.8 Å². The van der Waals surface area contributed by atoms with Crippen LogP contribution in [0.25, 0.3) is 0 Å². The standard InChI is InChI=1S/C28H37F5N4O7S/c1-16(2)21(35-24(39)18-7-9-19(10-8-18)45(42,43)36-12-14-44-15-13-36)26(41)37(25(40)20-6-5-11-34-20)22(17(3)4)23(38)27(29,30)28(31,32)33/h7-10,16-17,20-22,34H,5-6,11-15H2,1-4H3,(H,35,39)/t20-,21-,22?/m0/s1. The third-order valence-corrected chi connectivity index (χ3v) is 9.53. The van der Waals surface area contributed by atoms with Gasteiger partial charge in [-0.05, 0) is 55.5 Å². The highest BCUT2D eigenvalue weighted by molar-refractivity contribution is 7.89. The minimum absolute atomic E-state index is 0.107. The third kappa shape index (κ3) is 7.86. The number of carbonyl (C=O) groups excluding carboxylic acids is 4. The van der Waals surface area contributed by atoms with Gasteiger partial charge >= 0.3 is 12.1 Å². The maximum absolute atomic E-state index is 14.4. The minimum Gasteiger partial charge on any atom is -0.379 e. The second kappa shape index (κ2) is 14.2. The molecule has 0 aromatic heterocycles. The lowest BCUT2D eigenvalue weighted by molar-refractivity contribution is -0.271. The predicted octanol–water partition coefficient (Wildman–Crippen LogP) is 2.36. The van der Waals surface area contributed by atoms with Gasteiger partial charge in [0, 0.05) is 18.7 Å². The van der Waals surface area contributed by atoms with E-state index < -0.39 is 75.6 Å². The summed E-state index contributed by atoms with van der Waals surface area (Å²) in [6.45, 7) is 6.16. The molecule has 1 aromatic carbocycles. The van der Waals surface area contributed by atoms with Gasteiger partial charge in [-0.2, -0.15) is 26.3 Å². The minimum atomic E-state index is -6.28. The van der Waals surface area contributed by atoms with Gasteiger partial charge in [-0.25, -0.2) is 8.42 Å². The molecule has 17 heteroatoms. The van der Waals surface area contributed by atoms with Gasteiger partial charge in [0.1, 0.15) is 12.1 Å². The molecular formula is C28H37F5N4O7S. The fraction of sp³-hybridized carbons (Fsp3) is 0.643. The number of carbonyl (C=O) groups is 4. The van der Waals surface area contributed by atoms with Crippen molar-refractivity contribution in [3.63, 3.8) is 0 Å². The van der Waals surface area contributed by atoms with Gasteiger partial charge in [-0.1, -0.05) is 27.7 Å². The van der Waals surface area contributed by atoms with Crippen molar-refractivity contribution in [2.75, 3.05) is 32.8 Å². The zero-order chi connectivity index (χ0) is 33.9. The first kappa shape index (κ1) is 36.4. The molecule has 2 N–H and O–H groups in total. The molecule has 0 saturated carbocycles. The quantitative estimate of drug-likeness (QED) is 0.343. The van der Waals surface area contributed by atoms with Crippen LogP contribution in [0.15, 0.2) is 29.2 Å². The molecule has 0 radical (unpaired) electrons. The lowest BCUT2D eigenvalue weighted by Crippen LogP contribution is -2.64. The molecule has 11 nitrogen and oxygen atoms in total. The molecule has 3 amide bonds. The van der Waals surface area contributed by atoms with E-state index in [1.165, 1.54) is 42.4 Å². The smallest absolute Gasteiger partial charge is 0.379 e. The second-order valence-electron chi connectivity index (χ2n) is 11.6. The number of amides is 3. The van der Waals surface area contributed by atoms with Gasteiger partial charge < -0.3 is 15.4 Å². The summed E-state index contributed by atoms with van der Waals surface area (Å²) < 4.78 is 101. The molecule has 2 fully saturated rings. The summed E-state index contributed by atoms with van der Waals surface area (Å²) in [6.07, 6.45) is -5.71. The summed E-state index contributed by atoms with van der Waals surface area (Å²) in [5.41, 5.74) is -0.107. The number of hydrogen-bond acceptors (Lipinski definition) is 8. The van der Waals surface area contributed by atoms with Crippen LogP contribution in [0.3, 0.4) is 0 Å². The van der Waals surface area contributed by atoms with Crippen LogP contribution in [0.5, 0.6) is 0 Å². The van der Waals surface area contributed by atoms with Gasteiger partial charge in [0.2, 0.25) is 21.7 Å². The van der Waals surface area contributed by atoms with E-state index in [9.17, 15) is 49.5 Å². The van der Waals surface area contributed by atoms with Crippen LogP contribution in [0.1, 0.15) is 50.9 Å². The van der Waals surface area contributed by atoms with E-state index in [1.807, 2.05) is 0 Å². The predicted molar refractivity (Wildman–Crippen MR) is 150 cm³/mol. The zero-order valence-electron chi connectivity index (χ0n) is 25.2. The Morgan fingerprint density at radius 2 is 1.56 bits per heavy atom. The fourth-order valence-corrected chi connectivity index (χ4v) is 6.50. The molecule has 3 rings (SSSR count). The Kier molecular flexibility index (Phi) is 11.5. The molecule has 1 unspecified atom stereocenters. The number of rotatable bonds is 11. The second-order valence-corrected chi connectivity index (χ2v) is 13.5. The zero-order valence-corrected chi connectivity index (χ0v) is 26.0. The van der Waals surface area contributed by atoms with Crippen LogP contribution in [-0.2, 0) is 29.1 Å². The molecule has 0 spiro atoms. The molecule has 2 saturated heterocycles. The maximum Gasteiger partial charge on any atom is 0.461 e. The summed E-state index contributed by atoms with van der Waals surface area (Å²) in [6, 6.07) is -0.562. The van der Waals surface area contributed by atoms with Crippen LogP contribution >= 0.6 is 0 Å². The Labute approximate surface area is 257 Å².